The van der Waals surface area contributed by atoms with Gasteiger partial charge in [-0.25, -0.2) is 9.99 Å². The minimum absolute atomic E-state index is 0.00266. The van der Waals surface area contributed by atoms with Crippen LogP contribution in [0.1, 0.15) is 41.7 Å². The molecule has 1 saturated heterocycles. The van der Waals surface area contributed by atoms with E-state index in [4.69, 9.17) is 11.6 Å². The Morgan fingerprint density at radius 3 is 2.49 bits per heavy atom. The Balaban J connectivity index is 0.000000293. The molecule has 2 amide bonds. The average Bonchev–Trinajstić information content (AvgIpc) is 3.79. The van der Waals surface area contributed by atoms with E-state index in [-0.39, 0.29) is 52.2 Å². The lowest BCUT2D eigenvalue weighted by atomic mass is 9.71. The quantitative estimate of drug-likeness (QED) is 0.109. The number of rotatable bonds is 8. The number of nitrogens with one attached hydrogen (secondary N) is 2. The third-order valence-corrected chi connectivity index (χ3v) is 9.02. The highest BCUT2D eigenvalue weighted by Crippen LogP contribution is 2.63. The molecule has 47 heavy (non-hydrogen) atoms. The number of aromatic hydroxyl groups is 1. The zero-order valence-electron chi connectivity index (χ0n) is 25.9. The van der Waals surface area contributed by atoms with Crippen molar-refractivity contribution >= 4 is 64.8 Å². The fourth-order valence-electron chi connectivity index (χ4n) is 6.15. The number of benzene rings is 1. The summed E-state index contributed by atoms with van der Waals surface area (Å²) in [5.41, 5.74) is 1.63. The Morgan fingerprint density at radius 1 is 1.26 bits per heavy atom. The third kappa shape index (κ3) is 8.30. The number of halogens is 5. The van der Waals surface area contributed by atoms with E-state index in [0.717, 1.165) is 42.1 Å². The third-order valence-electron chi connectivity index (χ3n) is 8.35. The monoisotopic (exact) mass is 741 g/mol. The van der Waals surface area contributed by atoms with Gasteiger partial charge in [0.25, 0.3) is 11.8 Å². The van der Waals surface area contributed by atoms with E-state index in [1.54, 1.807) is 25.1 Å². The molecule has 5 rings (SSSR count). The number of likely N-dealkylation sites (tertiary alicyclic amines) is 1. The number of aldehydes is 1. The Hall–Kier alpha value is -3.98. The lowest BCUT2D eigenvalue weighted by molar-refractivity contribution is -0.137. The van der Waals surface area contributed by atoms with E-state index in [1.165, 1.54) is 18.3 Å². The normalized spacial score (nSPS) is 20.9. The van der Waals surface area contributed by atoms with Crippen LogP contribution in [0, 0.1) is 11.3 Å². The SMILES string of the molecule is C=NCBr.C=NN(CC=O)C(=O)C1=C(NC)CCC12CCN(C(=O)c1ncccc1O)C1CC12.CNc1ccc(C(F)(F)F)cc1Cl. The number of hydrazone groups is 1. The van der Waals surface area contributed by atoms with Gasteiger partial charge in [0.15, 0.2) is 5.69 Å². The summed E-state index contributed by atoms with van der Waals surface area (Å²) < 4.78 is 36.4. The molecule has 3 atom stereocenters. The summed E-state index contributed by atoms with van der Waals surface area (Å²) in [5, 5.41) is 20.8. The summed E-state index contributed by atoms with van der Waals surface area (Å²) >= 11 is 8.59. The van der Waals surface area contributed by atoms with E-state index in [2.05, 4.69) is 55.1 Å². The van der Waals surface area contributed by atoms with Crippen molar-refractivity contribution < 1.29 is 32.7 Å². The molecule has 0 radical (unpaired) electrons. The van der Waals surface area contributed by atoms with E-state index in [9.17, 15) is 32.7 Å². The number of carbonyl (C=O) groups is 3. The molecule has 2 heterocycles. The van der Waals surface area contributed by atoms with Gasteiger partial charge in [-0.05, 0) is 68.7 Å². The number of fused-ring (bicyclic) bond motifs is 2. The van der Waals surface area contributed by atoms with Gasteiger partial charge in [0.05, 0.1) is 21.7 Å². The van der Waals surface area contributed by atoms with Crippen LogP contribution in [0.25, 0.3) is 0 Å². The first-order valence-corrected chi connectivity index (χ1v) is 16.0. The molecule has 11 nitrogen and oxygen atoms in total. The lowest BCUT2D eigenvalue weighted by Crippen LogP contribution is -2.47. The maximum Gasteiger partial charge on any atom is 0.416 e. The number of nitrogens with zero attached hydrogens (tertiary/aromatic N) is 5. The smallest absolute Gasteiger partial charge is 0.416 e. The molecule has 1 aliphatic heterocycles. The van der Waals surface area contributed by atoms with Crippen molar-refractivity contribution in [1.29, 1.82) is 0 Å². The van der Waals surface area contributed by atoms with Crippen LogP contribution in [-0.4, -0.2) is 90.2 Å². The van der Waals surface area contributed by atoms with Gasteiger partial charge in [-0.2, -0.15) is 18.3 Å². The highest BCUT2D eigenvalue weighted by atomic mass is 79.9. The number of anilines is 1. The van der Waals surface area contributed by atoms with Crippen LogP contribution in [0.15, 0.2) is 57.9 Å². The van der Waals surface area contributed by atoms with E-state index >= 15 is 0 Å². The molecule has 3 unspecified atom stereocenters. The summed E-state index contributed by atoms with van der Waals surface area (Å²) in [6.45, 7) is 6.94. The van der Waals surface area contributed by atoms with Crippen LogP contribution in [0.4, 0.5) is 18.9 Å². The van der Waals surface area contributed by atoms with Gasteiger partial charge >= 0.3 is 6.18 Å². The minimum Gasteiger partial charge on any atom is -0.505 e. The molecule has 1 aromatic carbocycles. The standard InChI is InChI=1S/C21H25N5O4.C8H7ClF3N.C2H4BrN/c1-22-14-5-6-21(17(14)19(29)26(23-2)10-11-27)7-9-25(15-12-13(15)21)20(30)18-16(28)4-3-8-24-18;1-13-7-3-2-5(4-6(7)9)8(10,11)12;1-4-2-3/h3-4,8,11,13,15,22,28H,2,5-7,9-10,12H2,1H3;2-4,13H,1H3;1-2H2. The summed E-state index contributed by atoms with van der Waals surface area (Å²) in [6, 6.07) is 6.21. The van der Waals surface area contributed by atoms with Gasteiger partial charge in [-0.15, -0.1) is 0 Å². The number of carbonyl (C=O) groups excluding carboxylic acids is 3. The molecule has 1 spiro atoms. The Bertz CT molecular complexity index is 1530. The predicted molar refractivity (Wildman–Crippen MR) is 178 cm³/mol. The number of aliphatic imine (C=N–C) groups is 1. The maximum absolute atomic E-state index is 13.3. The average molecular weight is 743 g/mol. The Morgan fingerprint density at radius 2 is 1.96 bits per heavy atom. The molecule has 1 aromatic heterocycles. The van der Waals surface area contributed by atoms with Crippen molar-refractivity contribution in [3.63, 3.8) is 0 Å². The van der Waals surface area contributed by atoms with Crippen LogP contribution >= 0.6 is 27.5 Å². The summed E-state index contributed by atoms with van der Waals surface area (Å²) in [7, 11) is 3.38. The number of amides is 2. The zero-order valence-corrected chi connectivity index (χ0v) is 28.2. The number of piperidine rings is 1. The van der Waals surface area contributed by atoms with Crippen molar-refractivity contribution in [2.45, 2.75) is 37.9 Å². The molecule has 254 valence electrons. The van der Waals surface area contributed by atoms with Gasteiger partial charge < -0.3 is 25.4 Å². The molecule has 16 heteroatoms. The van der Waals surface area contributed by atoms with Crippen molar-refractivity contribution in [1.82, 2.24) is 20.2 Å². The van der Waals surface area contributed by atoms with Gasteiger partial charge in [-0.1, -0.05) is 27.5 Å². The predicted octanol–water partition coefficient (Wildman–Crippen LogP) is 5.36. The summed E-state index contributed by atoms with van der Waals surface area (Å²) in [5.74, 6) is -0.564. The molecular weight excluding hydrogens is 707 g/mol. The van der Waals surface area contributed by atoms with Crippen molar-refractivity contribution in [2.24, 2.45) is 21.4 Å². The van der Waals surface area contributed by atoms with Crippen molar-refractivity contribution in [2.75, 3.05) is 38.0 Å². The molecular formula is C31H36BrClF3N7O4. The van der Waals surface area contributed by atoms with E-state index < -0.39 is 11.7 Å². The number of aromatic nitrogens is 1. The van der Waals surface area contributed by atoms with Gasteiger partial charge in [0.2, 0.25) is 0 Å². The molecule has 2 aromatic rings. The highest BCUT2D eigenvalue weighted by molar-refractivity contribution is 9.09. The fraction of sp³-hybridized carbons (Fsp3) is 0.419. The first-order valence-electron chi connectivity index (χ1n) is 14.5. The first-order chi connectivity index (χ1) is 22.3. The minimum atomic E-state index is -4.34. The fourth-order valence-corrected chi connectivity index (χ4v) is 6.43. The van der Waals surface area contributed by atoms with Crippen LogP contribution in [0.3, 0.4) is 0 Å². The number of hydrogen-bond donors (Lipinski definition) is 3. The summed E-state index contributed by atoms with van der Waals surface area (Å²) in [6.07, 6.45) is 0.761. The number of allylic oxidation sites excluding steroid dienone is 1. The van der Waals surface area contributed by atoms with Crippen LogP contribution in [0.5, 0.6) is 5.75 Å². The number of alkyl halides is 4. The topological polar surface area (TPSA) is 140 Å². The Labute approximate surface area is 284 Å². The van der Waals surface area contributed by atoms with E-state index in [0.29, 0.717) is 36.0 Å². The van der Waals surface area contributed by atoms with Crippen LogP contribution in [-0.2, 0) is 15.8 Å². The molecule has 1 saturated carbocycles. The number of hydrogen-bond acceptors (Lipinski definition) is 9. The second kappa shape index (κ2) is 16.2. The van der Waals surface area contributed by atoms with Gasteiger partial charge in [0, 0.05) is 56.3 Å². The second-order valence-electron chi connectivity index (χ2n) is 10.8. The largest absolute Gasteiger partial charge is 0.505 e. The van der Waals surface area contributed by atoms with Gasteiger partial charge in [0.1, 0.15) is 18.6 Å². The number of pyridine rings is 1. The Kier molecular flexibility index (Phi) is 12.9. The lowest BCUT2D eigenvalue weighted by Gasteiger charge is -2.40. The van der Waals surface area contributed by atoms with Crippen LogP contribution in [0.2, 0.25) is 5.02 Å². The van der Waals surface area contributed by atoms with Crippen molar-refractivity contribution in [3.05, 3.63) is 64.1 Å². The molecule has 0 bridgehead atoms. The second-order valence-corrected chi connectivity index (χ2v) is 11.7. The molecule has 3 N–H and O–H groups in total. The summed E-state index contributed by atoms with van der Waals surface area (Å²) in [4.78, 5) is 46.4. The van der Waals surface area contributed by atoms with Crippen molar-refractivity contribution in [3.8, 4) is 5.75 Å². The molecule has 3 aliphatic rings. The maximum atomic E-state index is 13.3. The highest BCUT2D eigenvalue weighted by Gasteiger charge is 2.63. The zero-order chi connectivity index (χ0) is 34.9. The van der Waals surface area contributed by atoms with E-state index in [1.807, 2.05) is 0 Å². The molecule has 2 fully saturated rings. The molecule has 2 aliphatic carbocycles. The first kappa shape index (κ1) is 37.5. The van der Waals surface area contributed by atoms with Gasteiger partial charge in [-0.3, -0.25) is 14.6 Å². The van der Waals surface area contributed by atoms with Crippen LogP contribution < -0.4 is 10.6 Å².